The minimum atomic E-state index is 0.263. The lowest BCUT2D eigenvalue weighted by molar-refractivity contribution is 0.174. The fourth-order valence-electron chi connectivity index (χ4n) is 2.67. The number of nitrogens with one attached hydrogen (secondary N) is 1. The van der Waals surface area contributed by atoms with Crippen LogP contribution in [0.15, 0.2) is 12.1 Å². The molecular weight excluding hydrogens is 240 g/mol. The lowest BCUT2D eigenvalue weighted by atomic mass is 9.94. The minimum Gasteiger partial charge on any atom is -0.454 e. The highest BCUT2D eigenvalue weighted by Gasteiger charge is 2.29. The summed E-state index contributed by atoms with van der Waals surface area (Å²) in [6.45, 7) is 11.4. The van der Waals surface area contributed by atoms with Gasteiger partial charge in [-0.15, -0.1) is 0 Å². The van der Waals surface area contributed by atoms with Crippen LogP contribution in [0, 0.1) is 5.41 Å². The van der Waals surface area contributed by atoms with Gasteiger partial charge in [-0.25, -0.2) is 0 Å². The van der Waals surface area contributed by atoms with Gasteiger partial charge in [0.1, 0.15) is 0 Å². The summed E-state index contributed by atoms with van der Waals surface area (Å²) < 4.78 is 10.9. The molecule has 19 heavy (non-hydrogen) atoms. The predicted molar refractivity (Wildman–Crippen MR) is 77.3 cm³/mol. The van der Waals surface area contributed by atoms with E-state index in [4.69, 9.17) is 9.47 Å². The zero-order chi connectivity index (χ0) is 13.6. The van der Waals surface area contributed by atoms with Crippen molar-refractivity contribution in [3.05, 3.63) is 12.1 Å². The zero-order valence-electron chi connectivity index (χ0n) is 12.1. The van der Waals surface area contributed by atoms with Gasteiger partial charge in [-0.2, -0.15) is 0 Å². The van der Waals surface area contributed by atoms with Gasteiger partial charge >= 0.3 is 0 Å². The van der Waals surface area contributed by atoms with Gasteiger partial charge in [-0.3, -0.25) is 0 Å². The third-order valence-corrected chi connectivity index (χ3v) is 3.57. The molecule has 3 rings (SSSR count). The summed E-state index contributed by atoms with van der Waals surface area (Å²) in [5.41, 5.74) is 2.63. The summed E-state index contributed by atoms with van der Waals surface area (Å²) >= 11 is 0. The van der Waals surface area contributed by atoms with Crippen molar-refractivity contribution in [1.29, 1.82) is 0 Å². The van der Waals surface area contributed by atoms with Crippen molar-refractivity contribution in [3.63, 3.8) is 0 Å². The van der Waals surface area contributed by atoms with Crippen LogP contribution in [0.5, 0.6) is 11.5 Å². The van der Waals surface area contributed by atoms with E-state index in [1.807, 2.05) is 0 Å². The summed E-state index contributed by atoms with van der Waals surface area (Å²) in [6, 6.07) is 4.64. The van der Waals surface area contributed by atoms with E-state index >= 15 is 0 Å². The van der Waals surface area contributed by atoms with Crippen LogP contribution in [0.1, 0.15) is 27.7 Å². The van der Waals surface area contributed by atoms with E-state index in [1.54, 1.807) is 0 Å². The molecule has 0 fully saturated rings. The molecule has 4 nitrogen and oxygen atoms in total. The quantitative estimate of drug-likeness (QED) is 0.843. The molecule has 2 heterocycles. The normalized spacial score (nSPS) is 21.1. The molecule has 2 aliphatic heterocycles. The van der Waals surface area contributed by atoms with Crippen molar-refractivity contribution in [2.45, 2.75) is 33.7 Å². The number of hydrogen-bond donors (Lipinski definition) is 1. The summed E-state index contributed by atoms with van der Waals surface area (Å²) in [5, 5.41) is 3.48. The van der Waals surface area contributed by atoms with Gasteiger partial charge in [0.2, 0.25) is 6.79 Å². The second-order valence-electron chi connectivity index (χ2n) is 6.64. The molecule has 0 bridgehead atoms. The standard InChI is InChI=1S/C15H22N2O2/c1-10-7-16-11-5-13-14(19-9-18-13)6-12(11)17(10)8-15(2,3)4/h5-6,10,16H,7-9H2,1-4H3. The molecule has 1 unspecified atom stereocenters. The fourth-order valence-corrected chi connectivity index (χ4v) is 2.67. The Hall–Kier alpha value is -1.58. The largest absolute Gasteiger partial charge is 0.454 e. The number of hydrogen-bond acceptors (Lipinski definition) is 4. The number of fused-ring (bicyclic) bond motifs is 2. The second kappa shape index (κ2) is 4.22. The number of benzene rings is 1. The maximum Gasteiger partial charge on any atom is 0.231 e. The number of rotatable bonds is 1. The molecule has 1 aromatic rings. The molecule has 0 spiro atoms. The summed E-state index contributed by atoms with van der Waals surface area (Å²) in [4.78, 5) is 2.47. The first-order valence-corrected chi connectivity index (χ1v) is 6.88. The Balaban J connectivity index is 1.99. The highest BCUT2D eigenvalue weighted by molar-refractivity contribution is 5.77. The summed E-state index contributed by atoms with van der Waals surface area (Å²) in [5.74, 6) is 1.70. The molecule has 2 aliphatic rings. The first-order chi connectivity index (χ1) is 8.94. The molecule has 0 saturated carbocycles. The Bertz CT molecular complexity index is 494. The van der Waals surface area contributed by atoms with Gasteiger partial charge in [0.15, 0.2) is 11.5 Å². The van der Waals surface area contributed by atoms with E-state index in [1.165, 1.54) is 5.69 Å². The minimum absolute atomic E-state index is 0.263. The number of anilines is 2. The van der Waals surface area contributed by atoms with Crippen molar-refractivity contribution in [1.82, 2.24) is 0 Å². The summed E-state index contributed by atoms with van der Waals surface area (Å²) in [6.07, 6.45) is 0. The highest BCUT2D eigenvalue weighted by Crippen LogP contribution is 2.43. The van der Waals surface area contributed by atoms with E-state index in [9.17, 15) is 0 Å². The van der Waals surface area contributed by atoms with Crippen molar-refractivity contribution < 1.29 is 9.47 Å². The van der Waals surface area contributed by atoms with Gasteiger partial charge in [0.25, 0.3) is 0 Å². The Morgan fingerprint density at radius 1 is 1.26 bits per heavy atom. The molecule has 1 atom stereocenters. The predicted octanol–water partition coefficient (Wildman–Crippen LogP) is 3.08. The molecular formula is C15H22N2O2. The molecule has 0 amide bonds. The van der Waals surface area contributed by atoms with Crippen molar-refractivity contribution >= 4 is 11.4 Å². The van der Waals surface area contributed by atoms with Crippen LogP contribution in [0.4, 0.5) is 11.4 Å². The maximum absolute atomic E-state index is 5.50. The van der Waals surface area contributed by atoms with E-state index in [2.05, 4.69) is 50.0 Å². The number of ether oxygens (including phenoxy) is 2. The topological polar surface area (TPSA) is 33.7 Å². The highest BCUT2D eigenvalue weighted by atomic mass is 16.7. The SMILES string of the molecule is CC1CNc2cc3c(cc2N1CC(C)(C)C)OCO3. The number of nitrogens with zero attached hydrogens (tertiary/aromatic N) is 1. The van der Waals surface area contributed by atoms with E-state index < -0.39 is 0 Å². The van der Waals surface area contributed by atoms with E-state index in [0.717, 1.165) is 30.3 Å². The van der Waals surface area contributed by atoms with Crippen molar-refractivity contribution in [3.8, 4) is 11.5 Å². The zero-order valence-corrected chi connectivity index (χ0v) is 12.1. The van der Waals surface area contributed by atoms with Gasteiger partial charge in [-0.05, 0) is 12.3 Å². The Labute approximate surface area is 114 Å². The van der Waals surface area contributed by atoms with Crippen LogP contribution >= 0.6 is 0 Å². The molecule has 4 heteroatoms. The van der Waals surface area contributed by atoms with Crippen LogP contribution in [0.3, 0.4) is 0 Å². The molecule has 0 saturated heterocycles. The van der Waals surface area contributed by atoms with Gasteiger partial charge < -0.3 is 19.7 Å². The second-order valence-corrected chi connectivity index (χ2v) is 6.64. The average molecular weight is 262 g/mol. The van der Waals surface area contributed by atoms with Gasteiger partial charge in [0, 0.05) is 31.3 Å². The van der Waals surface area contributed by atoms with E-state index in [-0.39, 0.29) is 5.41 Å². The van der Waals surface area contributed by atoms with Crippen molar-refractivity contribution in [2.75, 3.05) is 30.1 Å². The average Bonchev–Trinajstić information content (AvgIpc) is 2.76. The van der Waals surface area contributed by atoms with Crippen LogP contribution < -0.4 is 19.7 Å². The van der Waals surface area contributed by atoms with Crippen LogP contribution in [0.25, 0.3) is 0 Å². The lowest BCUT2D eigenvalue weighted by Gasteiger charge is -2.41. The summed E-state index contributed by atoms with van der Waals surface area (Å²) in [7, 11) is 0. The smallest absolute Gasteiger partial charge is 0.231 e. The molecule has 0 aliphatic carbocycles. The van der Waals surface area contributed by atoms with Crippen LogP contribution in [0.2, 0.25) is 0 Å². The fraction of sp³-hybridized carbons (Fsp3) is 0.600. The monoisotopic (exact) mass is 262 g/mol. The molecule has 1 N–H and O–H groups in total. The first kappa shape index (κ1) is 12.5. The Morgan fingerprint density at radius 2 is 1.95 bits per heavy atom. The molecule has 1 aromatic carbocycles. The van der Waals surface area contributed by atoms with Crippen LogP contribution in [-0.2, 0) is 0 Å². The molecule has 0 radical (unpaired) electrons. The molecule has 104 valence electrons. The Kier molecular flexibility index (Phi) is 2.77. The van der Waals surface area contributed by atoms with Crippen LogP contribution in [-0.4, -0.2) is 25.9 Å². The lowest BCUT2D eigenvalue weighted by Crippen LogP contribution is -2.45. The molecule has 0 aromatic heterocycles. The van der Waals surface area contributed by atoms with Gasteiger partial charge in [0.05, 0.1) is 11.4 Å². The first-order valence-electron chi connectivity index (χ1n) is 6.88. The maximum atomic E-state index is 5.50. The third kappa shape index (κ3) is 2.31. The Morgan fingerprint density at radius 3 is 2.63 bits per heavy atom. The van der Waals surface area contributed by atoms with Crippen molar-refractivity contribution in [2.24, 2.45) is 5.41 Å². The van der Waals surface area contributed by atoms with Gasteiger partial charge in [-0.1, -0.05) is 20.8 Å². The third-order valence-electron chi connectivity index (χ3n) is 3.57. The van der Waals surface area contributed by atoms with E-state index in [0.29, 0.717) is 12.8 Å².